The molecule has 4 rings (SSSR count). The highest BCUT2D eigenvalue weighted by molar-refractivity contribution is 5.49. The van der Waals surface area contributed by atoms with Crippen molar-refractivity contribution in [1.29, 1.82) is 0 Å². The second-order valence-corrected chi connectivity index (χ2v) is 6.17. The smallest absolute Gasteiger partial charge is 0.154 e. The van der Waals surface area contributed by atoms with Gasteiger partial charge in [0.05, 0.1) is 6.20 Å². The van der Waals surface area contributed by atoms with Crippen LogP contribution in [0.5, 0.6) is 0 Å². The van der Waals surface area contributed by atoms with Crippen LogP contribution in [-0.4, -0.2) is 35.4 Å². The second kappa shape index (κ2) is 3.67. The van der Waals surface area contributed by atoms with Gasteiger partial charge in [-0.1, -0.05) is 0 Å². The van der Waals surface area contributed by atoms with Gasteiger partial charge in [0.1, 0.15) is 0 Å². The molecule has 4 nitrogen and oxygen atoms in total. The lowest BCUT2D eigenvalue weighted by Crippen LogP contribution is -2.32. The van der Waals surface area contributed by atoms with Crippen molar-refractivity contribution in [2.24, 2.45) is 11.8 Å². The summed E-state index contributed by atoms with van der Waals surface area (Å²) in [5.41, 5.74) is 2.54. The maximum atomic E-state index is 4.37. The highest BCUT2D eigenvalue weighted by atomic mass is 15.3. The zero-order valence-corrected chi connectivity index (χ0v) is 11.1. The van der Waals surface area contributed by atoms with Crippen molar-refractivity contribution in [3.05, 3.63) is 17.3 Å². The van der Waals surface area contributed by atoms with Gasteiger partial charge in [0.25, 0.3) is 0 Å². The third kappa shape index (κ3) is 1.35. The van der Waals surface area contributed by atoms with Gasteiger partial charge in [0.15, 0.2) is 5.82 Å². The number of hydrogen-bond acceptors (Lipinski definition) is 4. The minimum atomic E-state index is 0.767. The predicted octanol–water partition coefficient (Wildman–Crippen LogP) is 1.28. The minimum absolute atomic E-state index is 0.767. The van der Waals surface area contributed by atoms with Crippen molar-refractivity contribution in [2.45, 2.75) is 38.8 Å². The predicted molar refractivity (Wildman–Crippen MR) is 70.6 cm³/mol. The van der Waals surface area contributed by atoms with Gasteiger partial charge in [0.2, 0.25) is 0 Å². The molecule has 4 atom stereocenters. The molecule has 1 aromatic rings. The first-order valence-corrected chi connectivity index (χ1v) is 7.04. The molecule has 0 unspecified atom stereocenters. The lowest BCUT2D eigenvalue weighted by molar-refractivity contribution is 0.354. The Morgan fingerprint density at radius 3 is 2.50 bits per heavy atom. The van der Waals surface area contributed by atoms with E-state index in [0.29, 0.717) is 0 Å². The van der Waals surface area contributed by atoms with E-state index in [-0.39, 0.29) is 0 Å². The van der Waals surface area contributed by atoms with Crippen molar-refractivity contribution in [2.75, 3.05) is 18.0 Å². The molecule has 3 saturated heterocycles. The topological polar surface area (TPSA) is 41.1 Å². The molecule has 3 aliphatic rings. The molecular weight excluding hydrogens is 224 g/mol. The number of hydrogen-bond donors (Lipinski definition) is 1. The molecule has 4 heterocycles. The summed E-state index contributed by atoms with van der Waals surface area (Å²) in [7, 11) is 0. The second-order valence-electron chi connectivity index (χ2n) is 6.17. The Hall–Kier alpha value is -1.16. The Bertz CT molecular complexity index is 469. The Balaban J connectivity index is 1.63. The van der Waals surface area contributed by atoms with E-state index in [2.05, 4.69) is 34.3 Å². The molecule has 3 aliphatic heterocycles. The highest BCUT2D eigenvalue weighted by Crippen LogP contribution is 2.44. The van der Waals surface area contributed by atoms with E-state index in [9.17, 15) is 0 Å². The quantitative estimate of drug-likeness (QED) is 0.808. The van der Waals surface area contributed by atoms with Crippen molar-refractivity contribution >= 4 is 5.82 Å². The Morgan fingerprint density at radius 2 is 1.83 bits per heavy atom. The van der Waals surface area contributed by atoms with Crippen molar-refractivity contribution in [1.82, 2.24) is 15.5 Å². The molecule has 96 valence electrons. The maximum Gasteiger partial charge on any atom is 0.154 e. The van der Waals surface area contributed by atoms with Crippen LogP contribution < -0.4 is 10.2 Å². The van der Waals surface area contributed by atoms with E-state index < -0.39 is 0 Å². The largest absolute Gasteiger partial charge is 0.354 e. The third-order valence-corrected chi connectivity index (χ3v) is 5.29. The van der Waals surface area contributed by atoms with Crippen LogP contribution in [0.1, 0.15) is 24.0 Å². The molecule has 2 bridgehead atoms. The van der Waals surface area contributed by atoms with E-state index in [1.807, 2.05) is 6.20 Å². The lowest BCUT2D eigenvalue weighted by atomic mass is 9.82. The Labute approximate surface area is 108 Å². The van der Waals surface area contributed by atoms with E-state index in [4.69, 9.17) is 0 Å². The number of anilines is 1. The van der Waals surface area contributed by atoms with Crippen LogP contribution in [0.3, 0.4) is 0 Å². The van der Waals surface area contributed by atoms with Gasteiger partial charge in [-0.05, 0) is 49.7 Å². The summed E-state index contributed by atoms with van der Waals surface area (Å²) in [5, 5.41) is 12.3. The summed E-state index contributed by atoms with van der Waals surface area (Å²) in [5.74, 6) is 2.79. The average Bonchev–Trinajstić information content (AvgIpc) is 3.02. The molecule has 0 saturated carbocycles. The number of nitrogens with zero attached hydrogens (tertiary/aromatic N) is 3. The van der Waals surface area contributed by atoms with Gasteiger partial charge < -0.3 is 10.2 Å². The molecule has 0 amide bonds. The van der Waals surface area contributed by atoms with Gasteiger partial charge >= 0.3 is 0 Å². The Kier molecular flexibility index (Phi) is 2.19. The average molecular weight is 244 g/mol. The monoisotopic (exact) mass is 244 g/mol. The molecule has 1 N–H and O–H groups in total. The first-order chi connectivity index (χ1) is 8.74. The molecule has 3 fully saturated rings. The number of nitrogens with one attached hydrogen (secondary N) is 1. The number of rotatable bonds is 1. The molecule has 4 heteroatoms. The number of aromatic nitrogens is 2. The van der Waals surface area contributed by atoms with Gasteiger partial charge in [-0.2, -0.15) is 5.10 Å². The van der Waals surface area contributed by atoms with E-state index in [0.717, 1.165) is 42.8 Å². The van der Waals surface area contributed by atoms with Gasteiger partial charge in [-0.15, -0.1) is 5.10 Å². The summed E-state index contributed by atoms with van der Waals surface area (Å²) < 4.78 is 0. The van der Waals surface area contributed by atoms with Crippen LogP contribution in [-0.2, 0) is 0 Å². The van der Waals surface area contributed by atoms with Gasteiger partial charge in [-0.3, -0.25) is 0 Å². The highest BCUT2D eigenvalue weighted by Gasteiger charge is 2.51. The van der Waals surface area contributed by atoms with Crippen LogP contribution in [0.4, 0.5) is 5.82 Å². The third-order valence-electron chi connectivity index (χ3n) is 5.29. The van der Waals surface area contributed by atoms with Crippen LogP contribution >= 0.6 is 0 Å². The first-order valence-electron chi connectivity index (χ1n) is 7.04. The van der Waals surface area contributed by atoms with Crippen LogP contribution in [0.2, 0.25) is 0 Å². The fourth-order valence-corrected chi connectivity index (χ4v) is 4.17. The summed E-state index contributed by atoms with van der Waals surface area (Å²) in [6, 6.07) is 1.53. The molecule has 0 aromatic carbocycles. The van der Waals surface area contributed by atoms with Gasteiger partial charge in [-0.25, -0.2) is 0 Å². The van der Waals surface area contributed by atoms with Crippen LogP contribution in [0.15, 0.2) is 6.20 Å². The SMILES string of the molecule is Cc1cnnc(N2C[C@@H]3[C@H](C2)[C@@H]2CC[C@H]3N2)c1C. The summed E-state index contributed by atoms with van der Waals surface area (Å²) in [6.45, 7) is 6.62. The first kappa shape index (κ1) is 10.7. The van der Waals surface area contributed by atoms with Crippen molar-refractivity contribution in [3.63, 3.8) is 0 Å². The lowest BCUT2D eigenvalue weighted by Gasteiger charge is -2.21. The maximum absolute atomic E-state index is 4.37. The number of aryl methyl sites for hydroxylation is 1. The fraction of sp³-hybridized carbons (Fsp3) is 0.714. The van der Waals surface area contributed by atoms with Gasteiger partial charge in [0, 0.05) is 25.2 Å². The fourth-order valence-electron chi connectivity index (χ4n) is 4.17. The standard InChI is InChI=1S/C14H20N4/c1-8-5-15-17-14(9(8)2)18-6-10-11(7-18)13-4-3-12(10)16-13/h5,10-13,16H,3-4,6-7H2,1-2H3/t10-,11+,12-,13+. The molecular formula is C14H20N4. The van der Waals surface area contributed by atoms with E-state index >= 15 is 0 Å². The van der Waals surface area contributed by atoms with Crippen LogP contribution in [0.25, 0.3) is 0 Å². The van der Waals surface area contributed by atoms with E-state index in [1.165, 1.54) is 24.0 Å². The van der Waals surface area contributed by atoms with Crippen LogP contribution in [0, 0.1) is 25.7 Å². The zero-order valence-electron chi connectivity index (χ0n) is 11.1. The van der Waals surface area contributed by atoms with Crippen molar-refractivity contribution < 1.29 is 0 Å². The minimum Gasteiger partial charge on any atom is -0.354 e. The Morgan fingerprint density at radius 1 is 1.17 bits per heavy atom. The summed E-state index contributed by atoms with van der Waals surface area (Å²) in [6.07, 6.45) is 4.61. The molecule has 18 heavy (non-hydrogen) atoms. The zero-order chi connectivity index (χ0) is 12.3. The molecule has 0 aliphatic carbocycles. The normalized spacial score (nSPS) is 37.3. The van der Waals surface area contributed by atoms with E-state index in [1.54, 1.807) is 0 Å². The molecule has 0 radical (unpaired) electrons. The molecule has 0 spiro atoms. The molecule has 1 aromatic heterocycles. The summed E-state index contributed by atoms with van der Waals surface area (Å²) in [4.78, 5) is 2.47. The van der Waals surface area contributed by atoms with Crippen molar-refractivity contribution in [3.8, 4) is 0 Å². The number of fused-ring (bicyclic) bond motifs is 5. The summed E-state index contributed by atoms with van der Waals surface area (Å²) >= 11 is 0.